The van der Waals surface area contributed by atoms with Gasteiger partial charge in [0, 0.05) is 24.6 Å². The molecule has 1 aromatic heterocycles. The van der Waals surface area contributed by atoms with Crippen molar-refractivity contribution in [1.82, 2.24) is 4.57 Å². The summed E-state index contributed by atoms with van der Waals surface area (Å²) in [6, 6.07) is 12.9. The van der Waals surface area contributed by atoms with Gasteiger partial charge in [-0.05, 0) is 46.9 Å². The summed E-state index contributed by atoms with van der Waals surface area (Å²) in [7, 11) is 4.93. The van der Waals surface area contributed by atoms with Gasteiger partial charge < -0.3 is 18.8 Å². The minimum atomic E-state index is -0.116. The number of fused-ring (bicyclic) bond motifs is 1. The van der Waals surface area contributed by atoms with Crippen LogP contribution in [0.1, 0.15) is 0 Å². The molecule has 1 heterocycles. The fraction of sp³-hybridized carbons (Fsp3) is 0.167. The van der Waals surface area contributed by atoms with Gasteiger partial charge in [0.05, 0.1) is 19.7 Å². The van der Waals surface area contributed by atoms with Crippen molar-refractivity contribution < 1.29 is 14.2 Å². The van der Waals surface area contributed by atoms with Gasteiger partial charge in [0.25, 0.3) is 5.56 Å². The van der Waals surface area contributed by atoms with Crippen LogP contribution in [0.25, 0.3) is 10.9 Å². The third-order valence-corrected chi connectivity index (χ3v) is 4.72. The third kappa shape index (κ3) is 2.93. The van der Waals surface area contributed by atoms with E-state index < -0.39 is 0 Å². The van der Waals surface area contributed by atoms with Gasteiger partial charge in [-0.1, -0.05) is 6.07 Å². The topological polar surface area (TPSA) is 49.7 Å². The standard InChI is InChI=1S/C18H16INO4/c1-20-15-10-12(23-3)7-8-14(15)17(16(19)18(20)21)24-13-6-4-5-11(9-13)22-2/h4-10H,1-3H3. The molecule has 124 valence electrons. The molecule has 0 aliphatic carbocycles. The molecule has 0 saturated carbocycles. The molecule has 0 amide bonds. The number of aryl methyl sites for hydroxylation is 1. The summed E-state index contributed by atoms with van der Waals surface area (Å²) in [6.07, 6.45) is 0. The maximum absolute atomic E-state index is 12.5. The lowest BCUT2D eigenvalue weighted by molar-refractivity contribution is 0.409. The molecule has 0 spiro atoms. The number of hydrogen-bond acceptors (Lipinski definition) is 4. The van der Waals surface area contributed by atoms with Gasteiger partial charge in [0.1, 0.15) is 20.8 Å². The first kappa shape index (κ1) is 16.6. The maximum Gasteiger partial charge on any atom is 0.268 e. The summed E-state index contributed by atoms with van der Waals surface area (Å²) in [4.78, 5) is 12.5. The molecule has 0 aliphatic rings. The summed E-state index contributed by atoms with van der Waals surface area (Å²) in [5.74, 6) is 2.52. The number of aromatic nitrogens is 1. The van der Waals surface area contributed by atoms with Crippen molar-refractivity contribution >= 4 is 33.5 Å². The molecular weight excluding hydrogens is 421 g/mol. The molecule has 0 atom stereocenters. The molecule has 0 bridgehead atoms. The molecule has 3 rings (SSSR count). The molecule has 0 saturated heterocycles. The number of pyridine rings is 1. The Morgan fingerprint density at radius 1 is 0.958 bits per heavy atom. The van der Waals surface area contributed by atoms with Crippen molar-refractivity contribution in [1.29, 1.82) is 0 Å². The van der Waals surface area contributed by atoms with Crippen LogP contribution >= 0.6 is 22.6 Å². The first-order valence-electron chi connectivity index (χ1n) is 7.23. The molecule has 0 N–H and O–H groups in total. The van der Waals surface area contributed by atoms with Crippen LogP contribution in [-0.4, -0.2) is 18.8 Å². The smallest absolute Gasteiger partial charge is 0.268 e. The van der Waals surface area contributed by atoms with Crippen molar-refractivity contribution in [2.24, 2.45) is 7.05 Å². The average Bonchev–Trinajstić information content (AvgIpc) is 2.63. The predicted molar refractivity (Wildman–Crippen MR) is 102 cm³/mol. The van der Waals surface area contributed by atoms with Crippen LogP contribution in [-0.2, 0) is 7.05 Å². The van der Waals surface area contributed by atoms with E-state index >= 15 is 0 Å². The number of methoxy groups -OCH3 is 2. The van der Waals surface area contributed by atoms with Crippen LogP contribution in [0.2, 0.25) is 0 Å². The van der Waals surface area contributed by atoms with Crippen molar-refractivity contribution in [3.8, 4) is 23.0 Å². The first-order chi connectivity index (χ1) is 11.5. The molecule has 3 aromatic rings. The molecular formula is C18H16INO4. The largest absolute Gasteiger partial charge is 0.497 e. The van der Waals surface area contributed by atoms with Crippen LogP contribution in [0.15, 0.2) is 47.3 Å². The highest BCUT2D eigenvalue weighted by atomic mass is 127. The van der Waals surface area contributed by atoms with Gasteiger partial charge in [0.2, 0.25) is 0 Å². The van der Waals surface area contributed by atoms with E-state index in [1.807, 2.05) is 59.0 Å². The number of halogens is 1. The first-order valence-corrected chi connectivity index (χ1v) is 8.31. The second-order valence-electron chi connectivity index (χ2n) is 5.17. The van der Waals surface area contributed by atoms with Crippen LogP contribution in [0, 0.1) is 3.57 Å². The second kappa shape index (κ2) is 6.72. The monoisotopic (exact) mass is 437 g/mol. The van der Waals surface area contributed by atoms with Gasteiger partial charge in [-0.2, -0.15) is 0 Å². The van der Waals surface area contributed by atoms with Gasteiger partial charge in [-0.3, -0.25) is 4.79 Å². The predicted octanol–water partition coefficient (Wildman–Crippen LogP) is 3.95. The Kier molecular flexibility index (Phi) is 4.66. The molecule has 0 aliphatic heterocycles. The minimum Gasteiger partial charge on any atom is -0.497 e. The fourth-order valence-electron chi connectivity index (χ4n) is 2.46. The Morgan fingerprint density at radius 2 is 1.62 bits per heavy atom. The number of rotatable bonds is 4. The quantitative estimate of drug-likeness (QED) is 0.581. The van der Waals surface area contributed by atoms with Crippen LogP contribution in [0.5, 0.6) is 23.0 Å². The lowest BCUT2D eigenvalue weighted by atomic mass is 10.2. The molecule has 0 fully saturated rings. The molecule has 24 heavy (non-hydrogen) atoms. The highest BCUT2D eigenvalue weighted by Gasteiger charge is 2.16. The highest BCUT2D eigenvalue weighted by Crippen LogP contribution is 2.34. The second-order valence-corrected chi connectivity index (χ2v) is 6.25. The van der Waals surface area contributed by atoms with E-state index in [9.17, 15) is 4.79 Å². The lowest BCUT2D eigenvalue weighted by Crippen LogP contribution is -2.20. The zero-order chi connectivity index (χ0) is 17.3. The van der Waals surface area contributed by atoms with Gasteiger partial charge in [0.15, 0.2) is 5.75 Å². The van der Waals surface area contributed by atoms with Crippen LogP contribution in [0.4, 0.5) is 0 Å². The summed E-state index contributed by atoms with van der Waals surface area (Å²) >= 11 is 2.02. The number of hydrogen-bond donors (Lipinski definition) is 0. The van der Waals surface area contributed by atoms with E-state index in [0.717, 1.165) is 10.9 Å². The number of ether oxygens (including phenoxy) is 3. The lowest BCUT2D eigenvalue weighted by Gasteiger charge is -2.15. The highest BCUT2D eigenvalue weighted by molar-refractivity contribution is 14.1. The third-order valence-electron chi connectivity index (χ3n) is 3.76. The zero-order valence-electron chi connectivity index (χ0n) is 13.5. The summed E-state index contributed by atoms with van der Waals surface area (Å²) in [6.45, 7) is 0. The van der Waals surface area contributed by atoms with Crippen LogP contribution < -0.4 is 19.8 Å². The molecule has 0 radical (unpaired) electrons. The van der Waals surface area contributed by atoms with Gasteiger partial charge in [-0.25, -0.2) is 0 Å². The van der Waals surface area contributed by atoms with Crippen molar-refractivity contribution in [3.05, 3.63) is 56.4 Å². The molecule has 5 nitrogen and oxygen atoms in total. The normalized spacial score (nSPS) is 10.7. The van der Waals surface area contributed by atoms with Crippen molar-refractivity contribution in [2.45, 2.75) is 0 Å². The zero-order valence-corrected chi connectivity index (χ0v) is 15.7. The van der Waals surface area contributed by atoms with Crippen molar-refractivity contribution in [3.63, 3.8) is 0 Å². The summed E-state index contributed by atoms with van der Waals surface area (Å²) < 4.78 is 18.6. The van der Waals surface area contributed by atoms with E-state index in [-0.39, 0.29) is 5.56 Å². The molecule has 2 aromatic carbocycles. The molecule has 6 heteroatoms. The van der Waals surface area contributed by atoms with Crippen LogP contribution in [0.3, 0.4) is 0 Å². The van der Waals surface area contributed by atoms with Crippen molar-refractivity contribution in [2.75, 3.05) is 14.2 Å². The minimum absolute atomic E-state index is 0.116. The Morgan fingerprint density at radius 3 is 2.33 bits per heavy atom. The Hall–Kier alpha value is -2.22. The van der Waals surface area contributed by atoms with E-state index in [1.54, 1.807) is 31.9 Å². The van der Waals surface area contributed by atoms with E-state index in [0.29, 0.717) is 26.6 Å². The van der Waals surface area contributed by atoms with E-state index in [2.05, 4.69) is 0 Å². The number of benzene rings is 2. The Bertz CT molecular complexity index is 965. The Balaban J connectivity index is 2.21. The van der Waals surface area contributed by atoms with E-state index in [1.165, 1.54) is 0 Å². The summed E-state index contributed by atoms with van der Waals surface area (Å²) in [5.41, 5.74) is 0.631. The fourth-order valence-corrected chi connectivity index (χ4v) is 3.22. The Labute approximate surface area is 152 Å². The average molecular weight is 437 g/mol. The van der Waals surface area contributed by atoms with Gasteiger partial charge >= 0.3 is 0 Å². The summed E-state index contributed by atoms with van der Waals surface area (Å²) in [5, 5.41) is 0.838. The molecule has 0 unspecified atom stereocenters. The maximum atomic E-state index is 12.5. The van der Waals surface area contributed by atoms with E-state index in [4.69, 9.17) is 14.2 Å². The SMILES string of the molecule is COc1cccc(Oc2c(I)c(=O)n(C)c3cc(OC)ccc23)c1. The van der Waals surface area contributed by atoms with Gasteiger partial charge in [-0.15, -0.1) is 0 Å². The number of nitrogens with zero attached hydrogens (tertiary/aromatic N) is 1.